The minimum atomic E-state index is -4.75. The van der Waals surface area contributed by atoms with Crippen molar-refractivity contribution in [1.29, 1.82) is 0 Å². The molecule has 0 N–H and O–H groups in total. The number of allylic oxidation sites excluding steroid dienone is 4. The van der Waals surface area contributed by atoms with Crippen molar-refractivity contribution in [2.24, 2.45) is 22.7 Å². The lowest BCUT2D eigenvalue weighted by atomic mass is 9.81. The average molecular weight is 514 g/mol. The quantitative estimate of drug-likeness (QED) is 0.333. The summed E-state index contributed by atoms with van der Waals surface area (Å²) in [5.74, 6) is 0.414. The first-order valence-electron chi connectivity index (χ1n) is 12.7. The highest BCUT2D eigenvalue weighted by Crippen LogP contribution is 2.35. The Labute approximate surface area is 216 Å². The van der Waals surface area contributed by atoms with Crippen LogP contribution in [-0.2, 0) is 0 Å². The number of ether oxygens (including phenoxy) is 2. The van der Waals surface area contributed by atoms with Crippen molar-refractivity contribution in [1.82, 2.24) is 0 Å². The SMILES string of the molecule is C\C=C/C=N/C(=C/CC1CCOc2ccc(-c3ccc(OC(F)(F)F)cc3)cc2C(=O)C1C)C(C)CC. The van der Waals surface area contributed by atoms with Crippen LogP contribution in [0.2, 0.25) is 0 Å². The van der Waals surface area contributed by atoms with Crippen molar-refractivity contribution in [2.75, 3.05) is 6.61 Å². The number of carbonyl (C=O) groups is 1. The van der Waals surface area contributed by atoms with E-state index < -0.39 is 6.36 Å². The monoisotopic (exact) mass is 513 g/mol. The third-order valence-corrected chi connectivity index (χ3v) is 6.78. The van der Waals surface area contributed by atoms with Gasteiger partial charge in [0.05, 0.1) is 12.2 Å². The number of Topliss-reactive ketones (excluding diaryl/α,β-unsaturated/α-hetero) is 1. The van der Waals surface area contributed by atoms with Crippen LogP contribution in [0, 0.1) is 17.8 Å². The first-order valence-corrected chi connectivity index (χ1v) is 12.7. The van der Waals surface area contributed by atoms with E-state index >= 15 is 0 Å². The van der Waals surface area contributed by atoms with E-state index in [9.17, 15) is 18.0 Å². The molecule has 0 fully saturated rings. The summed E-state index contributed by atoms with van der Waals surface area (Å²) in [5.41, 5.74) is 2.90. The molecule has 2 aromatic carbocycles. The molecule has 7 heteroatoms. The van der Waals surface area contributed by atoms with E-state index in [1.807, 2.05) is 26.0 Å². The van der Waals surface area contributed by atoms with Crippen LogP contribution in [0.4, 0.5) is 13.2 Å². The standard InChI is InChI=1S/C30H34F3NO3/c1-5-7-17-34-27(20(3)6-2)14-10-22-16-18-36-28-15-11-24(19-26(28)29(35)21(22)4)23-8-12-25(13-9-23)37-30(31,32)33/h5,7-9,11-15,17,19-22H,6,10,16,18H2,1-4H3/b7-5-,27-14+,34-17+. The Morgan fingerprint density at radius 3 is 2.54 bits per heavy atom. The second kappa shape index (κ2) is 12.7. The highest BCUT2D eigenvalue weighted by Gasteiger charge is 2.31. The average Bonchev–Trinajstić information content (AvgIpc) is 2.87. The summed E-state index contributed by atoms with van der Waals surface area (Å²) in [6, 6.07) is 10.9. The molecule has 3 rings (SSSR count). The van der Waals surface area contributed by atoms with Gasteiger partial charge >= 0.3 is 6.36 Å². The summed E-state index contributed by atoms with van der Waals surface area (Å²) in [6.45, 7) is 8.67. The third-order valence-electron chi connectivity index (χ3n) is 6.78. The fourth-order valence-corrected chi connectivity index (χ4v) is 4.31. The van der Waals surface area contributed by atoms with Gasteiger partial charge < -0.3 is 9.47 Å². The van der Waals surface area contributed by atoms with Crippen LogP contribution in [0.25, 0.3) is 11.1 Å². The topological polar surface area (TPSA) is 47.9 Å². The van der Waals surface area contributed by atoms with Gasteiger partial charge in [0.15, 0.2) is 5.78 Å². The molecule has 0 aliphatic carbocycles. The maximum atomic E-state index is 13.6. The van der Waals surface area contributed by atoms with Gasteiger partial charge in [-0.2, -0.15) is 0 Å². The fourth-order valence-electron chi connectivity index (χ4n) is 4.31. The van der Waals surface area contributed by atoms with Crippen LogP contribution in [0.5, 0.6) is 11.5 Å². The van der Waals surface area contributed by atoms with E-state index in [-0.39, 0.29) is 23.4 Å². The van der Waals surface area contributed by atoms with Gasteiger partial charge in [0.1, 0.15) is 11.5 Å². The summed E-state index contributed by atoms with van der Waals surface area (Å²) < 4.78 is 47.4. The lowest BCUT2D eigenvalue weighted by Crippen LogP contribution is -2.26. The smallest absolute Gasteiger partial charge is 0.493 e. The van der Waals surface area contributed by atoms with E-state index in [4.69, 9.17) is 4.74 Å². The number of aliphatic imine (C=N–C) groups is 1. The normalized spacial score (nSPS) is 19.9. The number of benzene rings is 2. The molecule has 0 saturated carbocycles. The molecule has 0 aromatic heterocycles. The maximum Gasteiger partial charge on any atom is 0.573 e. The number of halogens is 3. The summed E-state index contributed by atoms with van der Waals surface area (Å²) in [6.07, 6.45) is 5.47. The number of alkyl halides is 3. The molecule has 4 nitrogen and oxygen atoms in total. The van der Waals surface area contributed by atoms with Crippen LogP contribution in [-0.4, -0.2) is 25.0 Å². The molecule has 37 heavy (non-hydrogen) atoms. The zero-order valence-corrected chi connectivity index (χ0v) is 21.7. The van der Waals surface area contributed by atoms with Crippen molar-refractivity contribution < 1.29 is 27.4 Å². The Morgan fingerprint density at radius 1 is 1.19 bits per heavy atom. The van der Waals surface area contributed by atoms with Gasteiger partial charge in [-0.15, -0.1) is 13.2 Å². The van der Waals surface area contributed by atoms with E-state index in [1.54, 1.807) is 36.5 Å². The van der Waals surface area contributed by atoms with Crippen molar-refractivity contribution in [2.45, 2.75) is 53.3 Å². The molecule has 1 aliphatic heterocycles. The molecular weight excluding hydrogens is 479 g/mol. The highest BCUT2D eigenvalue weighted by atomic mass is 19.4. The zero-order chi connectivity index (χ0) is 27.0. The highest BCUT2D eigenvalue weighted by molar-refractivity contribution is 6.01. The Kier molecular flexibility index (Phi) is 9.73. The minimum Gasteiger partial charge on any atom is -0.493 e. The predicted molar refractivity (Wildman–Crippen MR) is 141 cm³/mol. The number of carbonyl (C=O) groups excluding carboxylic acids is 1. The molecule has 0 radical (unpaired) electrons. The summed E-state index contributed by atoms with van der Waals surface area (Å²) >= 11 is 0. The van der Waals surface area contributed by atoms with Gasteiger partial charge in [-0.05, 0) is 79.5 Å². The predicted octanol–water partition coefficient (Wildman–Crippen LogP) is 8.44. The maximum absolute atomic E-state index is 13.6. The van der Waals surface area contributed by atoms with Gasteiger partial charge in [0.2, 0.25) is 0 Å². The van der Waals surface area contributed by atoms with Gasteiger partial charge in [-0.1, -0.05) is 51.1 Å². The van der Waals surface area contributed by atoms with Gasteiger partial charge in [0.25, 0.3) is 0 Å². The van der Waals surface area contributed by atoms with Crippen molar-refractivity contribution in [3.8, 4) is 22.6 Å². The van der Waals surface area contributed by atoms with Crippen LogP contribution in [0.15, 0.2) is 71.4 Å². The Bertz CT molecular complexity index is 1150. The molecule has 0 saturated heterocycles. The lowest BCUT2D eigenvalue weighted by Gasteiger charge is -2.27. The molecule has 1 heterocycles. The summed E-state index contributed by atoms with van der Waals surface area (Å²) in [4.78, 5) is 18.2. The molecule has 0 amide bonds. The van der Waals surface area contributed by atoms with Crippen LogP contribution >= 0.6 is 0 Å². The second-order valence-electron chi connectivity index (χ2n) is 9.31. The van der Waals surface area contributed by atoms with E-state index in [2.05, 4.69) is 29.7 Å². The van der Waals surface area contributed by atoms with Crippen molar-refractivity contribution in [3.05, 3.63) is 72.0 Å². The fraction of sp³-hybridized carbons (Fsp3) is 0.400. The molecule has 0 bridgehead atoms. The van der Waals surface area contributed by atoms with Gasteiger partial charge in [-0.3, -0.25) is 9.79 Å². The second-order valence-corrected chi connectivity index (χ2v) is 9.31. The minimum absolute atomic E-state index is 0.00511. The van der Waals surface area contributed by atoms with Gasteiger partial charge in [0, 0.05) is 17.8 Å². The lowest BCUT2D eigenvalue weighted by molar-refractivity contribution is -0.274. The Morgan fingerprint density at radius 2 is 1.89 bits per heavy atom. The van der Waals surface area contributed by atoms with Crippen LogP contribution < -0.4 is 9.47 Å². The van der Waals surface area contributed by atoms with E-state index in [1.165, 1.54) is 12.1 Å². The van der Waals surface area contributed by atoms with Crippen molar-refractivity contribution in [3.63, 3.8) is 0 Å². The summed E-state index contributed by atoms with van der Waals surface area (Å²) in [5, 5.41) is 0. The summed E-state index contributed by atoms with van der Waals surface area (Å²) in [7, 11) is 0. The number of hydrogen-bond donors (Lipinski definition) is 0. The van der Waals surface area contributed by atoms with Crippen LogP contribution in [0.3, 0.4) is 0 Å². The van der Waals surface area contributed by atoms with Crippen LogP contribution in [0.1, 0.15) is 57.3 Å². The molecule has 3 unspecified atom stereocenters. The molecule has 0 spiro atoms. The molecule has 1 aliphatic rings. The Balaban J connectivity index is 1.82. The van der Waals surface area contributed by atoms with E-state index in [0.717, 1.165) is 30.5 Å². The first-order chi connectivity index (χ1) is 17.6. The van der Waals surface area contributed by atoms with E-state index in [0.29, 0.717) is 29.4 Å². The third kappa shape index (κ3) is 7.81. The number of nitrogens with zero attached hydrogens (tertiary/aromatic N) is 1. The molecule has 198 valence electrons. The number of ketones is 1. The number of hydrogen-bond acceptors (Lipinski definition) is 4. The number of fused-ring (bicyclic) bond motifs is 1. The largest absolute Gasteiger partial charge is 0.573 e. The Hall–Kier alpha value is -3.35. The molecule has 3 atom stereocenters. The molecular formula is C30H34F3NO3. The van der Waals surface area contributed by atoms with Gasteiger partial charge in [-0.25, -0.2) is 0 Å². The zero-order valence-electron chi connectivity index (χ0n) is 21.7. The first kappa shape index (κ1) is 28.2. The van der Waals surface area contributed by atoms with Crippen molar-refractivity contribution >= 4 is 12.0 Å². The number of rotatable bonds is 8. The molecule has 2 aromatic rings.